The van der Waals surface area contributed by atoms with Gasteiger partial charge in [0.2, 0.25) is 0 Å². The second-order valence-corrected chi connectivity index (χ2v) is 3.44. The molecule has 1 aromatic rings. The smallest absolute Gasteiger partial charge is 0.125 e. The molecule has 0 spiro atoms. The van der Waals surface area contributed by atoms with E-state index < -0.39 is 0 Å². The Balaban J connectivity index is 2.56. The summed E-state index contributed by atoms with van der Waals surface area (Å²) in [7, 11) is 0. The highest BCUT2D eigenvalue weighted by atomic mass is 19.1. The van der Waals surface area contributed by atoms with Crippen molar-refractivity contribution in [1.82, 2.24) is 0 Å². The zero-order valence-electron chi connectivity index (χ0n) is 9.09. The molecule has 0 aliphatic heterocycles. The fourth-order valence-electron chi connectivity index (χ4n) is 1.27. The van der Waals surface area contributed by atoms with Gasteiger partial charge in [-0.2, -0.15) is 0 Å². The third-order valence-corrected chi connectivity index (χ3v) is 1.99. The fraction of sp³-hybridized carbons (Fsp3) is 0.455. The first-order valence-corrected chi connectivity index (χ1v) is 5.02. The number of hydrogen-bond donors (Lipinski definition) is 2. The van der Waals surface area contributed by atoms with Gasteiger partial charge in [0.1, 0.15) is 5.82 Å². The molecule has 0 bridgehead atoms. The Morgan fingerprint density at radius 3 is 2.87 bits per heavy atom. The zero-order valence-corrected chi connectivity index (χ0v) is 9.09. The van der Waals surface area contributed by atoms with Crippen molar-refractivity contribution in [2.24, 2.45) is 0 Å². The Morgan fingerprint density at radius 2 is 2.27 bits per heavy atom. The Labute approximate surface area is 89.4 Å². The van der Waals surface area contributed by atoms with E-state index in [4.69, 9.17) is 10.5 Å². The highest BCUT2D eigenvalue weighted by Crippen LogP contribution is 2.19. The van der Waals surface area contributed by atoms with Gasteiger partial charge in [0.15, 0.2) is 0 Å². The van der Waals surface area contributed by atoms with Crippen LogP contribution in [0.3, 0.4) is 0 Å². The molecular formula is C11H17FN2O. The summed E-state index contributed by atoms with van der Waals surface area (Å²) in [6, 6.07) is 4.47. The van der Waals surface area contributed by atoms with Gasteiger partial charge in [-0.1, -0.05) is 0 Å². The SMILES string of the molecule is CCOCC(C)Nc1ccc(F)cc1N. The molecule has 0 saturated carbocycles. The first kappa shape index (κ1) is 11.8. The van der Waals surface area contributed by atoms with Crippen molar-refractivity contribution in [3.63, 3.8) is 0 Å². The van der Waals surface area contributed by atoms with Crippen LogP contribution in [-0.2, 0) is 4.74 Å². The van der Waals surface area contributed by atoms with E-state index in [9.17, 15) is 4.39 Å². The minimum Gasteiger partial charge on any atom is -0.397 e. The number of nitrogen functional groups attached to an aromatic ring is 1. The van der Waals surface area contributed by atoms with Crippen molar-refractivity contribution in [3.8, 4) is 0 Å². The molecule has 15 heavy (non-hydrogen) atoms. The molecular weight excluding hydrogens is 195 g/mol. The lowest BCUT2D eigenvalue weighted by molar-refractivity contribution is 0.141. The van der Waals surface area contributed by atoms with Crippen LogP contribution in [0, 0.1) is 5.82 Å². The molecule has 0 aliphatic carbocycles. The van der Waals surface area contributed by atoms with E-state index in [1.165, 1.54) is 12.1 Å². The topological polar surface area (TPSA) is 47.3 Å². The van der Waals surface area contributed by atoms with Crippen LogP contribution in [-0.4, -0.2) is 19.3 Å². The third kappa shape index (κ3) is 3.75. The lowest BCUT2D eigenvalue weighted by atomic mass is 10.2. The molecule has 1 aromatic carbocycles. The van der Waals surface area contributed by atoms with Crippen LogP contribution in [0.4, 0.5) is 15.8 Å². The minimum atomic E-state index is -0.324. The van der Waals surface area contributed by atoms with Gasteiger partial charge in [-0.15, -0.1) is 0 Å². The lowest BCUT2D eigenvalue weighted by Gasteiger charge is -2.16. The molecule has 1 rings (SSSR count). The predicted molar refractivity (Wildman–Crippen MR) is 60.4 cm³/mol. The number of anilines is 2. The van der Waals surface area contributed by atoms with Crippen LogP contribution in [0.25, 0.3) is 0 Å². The normalized spacial score (nSPS) is 12.5. The summed E-state index contributed by atoms with van der Waals surface area (Å²) in [6.07, 6.45) is 0. The van der Waals surface area contributed by atoms with Gasteiger partial charge in [0.05, 0.1) is 18.0 Å². The first-order valence-electron chi connectivity index (χ1n) is 5.02. The molecule has 0 aliphatic rings. The predicted octanol–water partition coefficient (Wildman–Crippen LogP) is 2.24. The van der Waals surface area contributed by atoms with Crippen molar-refractivity contribution in [2.75, 3.05) is 24.3 Å². The molecule has 3 nitrogen and oxygen atoms in total. The van der Waals surface area contributed by atoms with E-state index in [1.54, 1.807) is 6.07 Å². The van der Waals surface area contributed by atoms with Gasteiger partial charge < -0.3 is 15.8 Å². The molecule has 4 heteroatoms. The van der Waals surface area contributed by atoms with E-state index in [0.29, 0.717) is 18.9 Å². The number of hydrogen-bond acceptors (Lipinski definition) is 3. The maximum Gasteiger partial charge on any atom is 0.125 e. The molecule has 3 N–H and O–H groups in total. The summed E-state index contributed by atoms with van der Waals surface area (Å²) in [6.45, 7) is 5.22. The number of halogens is 1. The molecule has 1 unspecified atom stereocenters. The fourth-order valence-corrected chi connectivity index (χ4v) is 1.27. The van der Waals surface area contributed by atoms with Gasteiger partial charge >= 0.3 is 0 Å². The lowest BCUT2D eigenvalue weighted by Crippen LogP contribution is -2.22. The molecule has 0 heterocycles. The molecule has 0 amide bonds. The number of nitrogens with two attached hydrogens (primary N) is 1. The van der Waals surface area contributed by atoms with Crippen LogP contribution >= 0.6 is 0 Å². The minimum absolute atomic E-state index is 0.151. The summed E-state index contributed by atoms with van der Waals surface area (Å²) in [5.74, 6) is -0.324. The van der Waals surface area contributed by atoms with E-state index in [0.717, 1.165) is 5.69 Å². The summed E-state index contributed by atoms with van der Waals surface area (Å²) in [4.78, 5) is 0. The quantitative estimate of drug-likeness (QED) is 0.736. The van der Waals surface area contributed by atoms with E-state index in [2.05, 4.69) is 5.32 Å². The van der Waals surface area contributed by atoms with Gasteiger partial charge in [-0.3, -0.25) is 0 Å². The van der Waals surface area contributed by atoms with Crippen LogP contribution in [0.15, 0.2) is 18.2 Å². The Morgan fingerprint density at radius 1 is 1.53 bits per heavy atom. The average molecular weight is 212 g/mol. The number of rotatable bonds is 5. The van der Waals surface area contributed by atoms with Crippen LogP contribution < -0.4 is 11.1 Å². The number of ether oxygens (including phenoxy) is 1. The molecule has 84 valence electrons. The maximum atomic E-state index is 12.8. The molecule has 0 aromatic heterocycles. The van der Waals surface area contributed by atoms with Gasteiger partial charge in [-0.25, -0.2) is 4.39 Å². The van der Waals surface area contributed by atoms with Crippen molar-refractivity contribution in [3.05, 3.63) is 24.0 Å². The zero-order chi connectivity index (χ0) is 11.3. The molecule has 0 radical (unpaired) electrons. The third-order valence-electron chi connectivity index (χ3n) is 1.99. The monoisotopic (exact) mass is 212 g/mol. The second-order valence-electron chi connectivity index (χ2n) is 3.44. The van der Waals surface area contributed by atoms with Crippen molar-refractivity contribution in [2.45, 2.75) is 19.9 Å². The summed E-state index contributed by atoms with van der Waals surface area (Å²) in [5, 5.41) is 3.16. The van der Waals surface area contributed by atoms with Gasteiger partial charge in [0, 0.05) is 12.6 Å². The van der Waals surface area contributed by atoms with E-state index in [-0.39, 0.29) is 11.9 Å². The average Bonchev–Trinajstić information content (AvgIpc) is 2.19. The van der Waals surface area contributed by atoms with Crippen LogP contribution in [0.5, 0.6) is 0 Å². The Hall–Kier alpha value is -1.29. The summed E-state index contributed by atoms with van der Waals surface area (Å²) in [5.41, 5.74) is 6.81. The van der Waals surface area contributed by atoms with Gasteiger partial charge in [0.25, 0.3) is 0 Å². The molecule has 0 fully saturated rings. The standard InChI is InChI=1S/C11H17FN2O/c1-3-15-7-8(2)14-11-5-4-9(12)6-10(11)13/h4-6,8,14H,3,7,13H2,1-2H3. The second kappa shape index (κ2) is 5.56. The summed E-state index contributed by atoms with van der Waals surface area (Å²) >= 11 is 0. The number of benzene rings is 1. The van der Waals surface area contributed by atoms with Crippen LogP contribution in [0.2, 0.25) is 0 Å². The molecule has 1 atom stereocenters. The van der Waals surface area contributed by atoms with E-state index >= 15 is 0 Å². The van der Waals surface area contributed by atoms with Crippen molar-refractivity contribution >= 4 is 11.4 Å². The molecule has 0 saturated heterocycles. The van der Waals surface area contributed by atoms with Crippen molar-refractivity contribution < 1.29 is 9.13 Å². The maximum absolute atomic E-state index is 12.8. The van der Waals surface area contributed by atoms with Crippen molar-refractivity contribution in [1.29, 1.82) is 0 Å². The first-order chi connectivity index (χ1) is 7.13. The largest absolute Gasteiger partial charge is 0.397 e. The highest BCUT2D eigenvalue weighted by Gasteiger charge is 2.05. The van der Waals surface area contributed by atoms with Crippen LogP contribution in [0.1, 0.15) is 13.8 Å². The number of nitrogens with one attached hydrogen (secondary N) is 1. The Bertz CT molecular complexity index is 317. The summed E-state index contributed by atoms with van der Waals surface area (Å²) < 4.78 is 18.0. The Kier molecular flexibility index (Phi) is 4.37. The van der Waals surface area contributed by atoms with E-state index in [1.807, 2.05) is 13.8 Å². The highest BCUT2D eigenvalue weighted by molar-refractivity contribution is 5.66. The van der Waals surface area contributed by atoms with Gasteiger partial charge in [-0.05, 0) is 32.0 Å².